The molecule has 26 heavy (non-hydrogen) atoms. The molecule has 4 rings (SSSR count). The van der Waals surface area contributed by atoms with Crippen LogP contribution in [0.4, 0.5) is 0 Å². The van der Waals surface area contributed by atoms with Crippen LogP contribution >= 0.6 is 0 Å². The number of piperidine rings is 1. The van der Waals surface area contributed by atoms with E-state index >= 15 is 0 Å². The zero-order valence-corrected chi connectivity index (χ0v) is 16.3. The Kier molecular flexibility index (Phi) is 4.85. The molecule has 0 bridgehead atoms. The summed E-state index contributed by atoms with van der Waals surface area (Å²) in [6.07, 6.45) is 8.52. The van der Waals surface area contributed by atoms with E-state index in [1.165, 1.54) is 31.2 Å². The van der Waals surface area contributed by atoms with Crippen molar-refractivity contribution in [2.45, 2.75) is 76.2 Å². The van der Waals surface area contributed by atoms with Crippen LogP contribution in [0.2, 0.25) is 0 Å². The van der Waals surface area contributed by atoms with Gasteiger partial charge in [-0.3, -0.25) is 4.79 Å². The Morgan fingerprint density at radius 1 is 1.15 bits per heavy atom. The van der Waals surface area contributed by atoms with Gasteiger partial charge < -0.3 is 10.0 Å². The minimum atomic E-state index is -0.649. The number of carboxylic acid groups (broad SMARTS) is 1. The van der Waals surface area contributed by atoms with Crippen LogP contribution in [0.5, 0.6) is 0 Å². The first-order valence-electron chi connectivity index (χ1n) is 10.6. The molecule has 1 atom stereocenters. The first kappa shape index (κ1) is 18.0. The van der Waals surface area contributed by atoms with Gasteiger partial charge in [0.15, 0.2) is 0 Å². The maximum atomic E-state index is 11.8. The third kappa shape index (κ3) is 3.09. The van der Waals surface area contributed by atoms with E-state index in [1.54, 1.807) is 0 Å². The average molecular weight is 358 g/mol. The number of rotatable bonds is 3. The molecule has 1 aromatic carbocycles. The maximum absolute atomic E-state index is 11.8. The normalized spacial score (nSPS) is 31.3. The molecule has 1 spiro atoms. The first-order valence-corrected chi connectivity index (χ1v) is 10.6. The van der Waals surface area contributed by atoms with Crippen LogP contribution in [0.25, 0.3) is 0 Å². The van der Waals surface area contributed by atoms with Crippen LogP contribution in [0.1, 0.15) is 77.3 Å². The van der Waals surface area contributed by atoms with Gasteiger partial charge in [0.25, 0.3) is 0 Å². The number of aliphatic carboxylic acids is 1. The van der Waals surface area contributed by atoms with E-state index in [9.17, 15) is 9.90 Å². The summed E-state index contributed by atoms with van der Waals surface area (Å²) in [5, 5.41) is 9.69. The van der Waals surface area contributed by atoms with Crippen molar-refractivity contribution in [3.63, 3.8) is 0 Å². The van der Waals surface area contributed by atoms with E-state index in [2.05, 4.69) is 30.9 Å². The van der Waals surface area contributed by atoms with Gasteiger partial charge in [-0.2, -0.15) is 0 Å². The van der Waals surface area contributed by atoms with Crippen molar-refractivity contribution in [3.05, 3.63) is 35.4 Å². The molecule has 1 unspecified atom stereocenters. The molecule has 1 saturated heterocycles. The van der Waals surface area contributed by atoms with Crippen molar-refractivity contribution < 1.29 is 11.3 Å². The lowest BCUT2D eigenvalue weighted by Crippen LogP contribution is -2.47. The maximum Gasteiger partial charge on any atom is 0.311 e. The molecule has 3 heteroatoms. The van der Waals surface area contributed by atoms with Crippen LogP contribution in [0.3, 0.4) is 0 Å². The van der Waals surface area contributed by atoms with Gasteiger partial charge in [-0.1, -0.05) is 38.1 Å². The van der Waals surface area contributed by atoms with Crippen LogP contribution in [0.15, 0.2) is 24.3 Å². The number of benzene rings is 1. The number of likely N-dealkylation sites (tertiary alicyclic amines) is 1. The fourth-order valence-corrected chi connectivity index (χ4v) is 6.04. The predicted molar refractivity (Wildman–Crippen MR) is 107 cm³/mol. The highest BCUT2D eigenvalue weighted by molar-refractivity contribution is 5.78. The summed E-state index contributed by atoms with van der Waals surface area (Å²) in [5.41, 5.74) is 2.51. The summed E-state index contributed by atoms with van der Waals surface area (Å²) in [6, 6.07) is 9.08. The minimum Gasteiger partial charge on any atom is -0.481 e. The van der Waals surface area contributed by atoms with Gasteiger partial charge in [0.2, 0.25) is 0 Å². The van der Waals surface area contributed by atoms with Gasteiger partial charge in [-0.05, 0) is 86.4 Å². The second kappa shape index (κ2) is 6.99. The summed E-state index contributed by atoms with van der Waals surface area (Å²) in [4.78, 5) is 14.5. The zero-order chi connectivity index (χ0) is 18.3. The quantitative estimate of drug-likeness (QED) is 0.822. The summed E-state index contributed by atoms with van der Waals surface area (Å²) in [6.45, 7) is 7.01. The number of hydrogen-bond acceptors (Lipinski definition) is 2. The predicted octanol–water partition coefficient (Wildman–Crippen LogP) is 5.05. The molecular formula is C23H35NO2. The number of fused-ring (bicyclic) bond motifs is 2. The van der Waals surface area contributed by atoms with Crippen LogP contribution < -0.4 is 0 Å². The van der Waals surface area contributed by atoms with E-state index in [4.69, 9.17) is 0 Å². The zero-order valence-electron chi connectivity index (χ0n) is 16.3. The van der Waals surface area contributed by atoms with Gasteiger partial charge >= 0.3 is 5.97 Å². The largest absolute Gasteiger partial charge is 0.481 e. The number of hydrogen-bond donors (Lipinski definition) is 1. The molecule has 3 aliphatic rings. The van der Waals surface area contributed by atoms with Crippen LogP contribution in [-0.2, 0) is 10.2 Å². The summed E-state index contributed by atoms with van der Waals surface area (Å²) in [5.74, 6) is 0.784. The van der Waals surface area contributed by atoms with Crippen LogP contribution in [0, 0.1) is 11.8 Å². The van der Waals surface area contributed by atoms with E-state index in [0.717, 1.165) is 55.8 Å². The van der Waals surface area contributed by atoms with E-state index < -0.39 is 5.97 Å². The number of nitrogens with zero attached hydrogens (tertiary/aromatic N) is 1. The van der Waals surface area contributed by atoms with E-state index in [0.29, 0.717) is 0 Å². The second-order valence-corrected chi connectivity index (χ2v) is 9.31. The molecule has 2 aliphatic carbocycles. The Labute approximate surface area is 159 Å². The highest BCUT2D eigenvalue weighted by Crippen LogP contribution is 2.52. The van der Waals surface area contributed by atoms with E-state index in [1.807, 2.05) is 12.1 Å². The molecule has 2 fully saturated rings. The Balaban J connectivity index is 0.00000210. The monoisotopic (exact) mass is 357 g/mol. The van der Waals surface area contributed by atoms with Gasteiger partial charge in [0.1, 0.15) is 0 Å². The standard InChI is InChI=1S/C23H33NO2.H2/c1-16(2)17-7-9-18(10-8-17)24-13-11-23(12-14-24)15-20(22(25)26)19-5-3-4-6-21(19)23;/h3-6,16-18,20H,7-15H2,1-2H3,(H,25,26);1H. The molecule has 1 aromatic rings. The fourth-order valence-electron chi connectivity index (χ4n) is 6.04. The Morgan fingerprint density at radius 3 is 2.42 bits per heavy atom. The average Bonchev–Trinajstić information content (AvgIpc) is 2.97. The lowest BCUT2D eigenvalue weighted by molar-refractivity contribution is -0.139. The van der Waals surface area contributed by atoms with Crippen molar-refractivity contribution in [1.29, 1.82) is 0 Å². The lowest BCUT2D eigenvalue weighted by atomic mass is 9.72. The number of carbonyl (C=O) groups is 1. The van der Waals surface area contributed by atoms with Gasteiger partial charge in [-0.15, -0.1) is 0 Å². The van der Waals surface area contributed by atoms with Crippen molar-refractivity contribution in [2.75, 3.05) is 13.1 Å². The molecular weight excluding hydrogens is 322 g/mol. The Morgan fingerprint density at radius 2 is 1.81 bits per heavy atom. The summed E-state index contributed by atoms with van der Waals surface area (Å²) < 4.78 is 0. The van der Waals surface area contributed by atoms with Crippen molar-refractivity contribution in [3.8, 4) is 0 Å². The molecule has 0 aromatic heterocycles. The molecule has 144 valence electrons. The number of carboxylic acids is 1. The molecule has 0 radical (unpaired) electrons. The molecule has 1 N–H and O–H groups in total. The molecule has 1 aliphatic heterocycles. The van der Waals surface area contributed by atoms with Crippen molar-refractivity contribution in [2.24, 2.45) is 11.8 Å². The smallest absolute Gasteiger partial charge is 0.311 e. The third-order valence-electron chi connectivity index (χ3n) is 7.76. The molecule has 0 amide bonds. The van der Waals surface area contributed by atoms with Crippen LogP contribution in [-0.4, -0.2) is 35.1 Å². The highest BCUT2D eigenvalue weighted by Gasteiger charge is 2.48. The topological polar surface area (TPSA) is 40.5 Å². The summed E-state index contributed by atoms with van der Waals surface area (Å²) >= 11 is 0. The Hall–Kier alpha value is -1.35. The lowest BCUT2D eigenvalue weighted by Gasteiger charge is -2.45. The third-order valence-corrected chi connectivity index (χ3v) is 7.76. The molecule has 1 heterocycles. The fraction of sp³-hybridized carbons (Fsp3) is 0.696. The van der Waals surface area contributed by atoms with Gasteiger partial charge in [-0.25, -0.2) is 0 Å². The van der Waals surface area contributed by atoms with Gasteiger partial charge in [0, 0.05) is 7.47 Å². The Bertz CT molecular complexity index is 658. The van der Waals surface area contributed by atoms with Crippen molar-refractivity contribution >= 4 is 5.97 Å². The molecule has 3 nitrogen and oxygen atoms in total. The first-order chi connectivity index (χ1) is 12.5. The highest BCUT2D eigenvalue weighted by atomic mass is 16.4. The van der Waals surface area contributed by atoms with E-state index in [-0.39, 0.29) is 12.8 Å². The van der Waals surface area contributed by atoms with Gasteiger partial charge in [0.05, 0.1) is 5.92 Å². The van der Waals surface area contributed by atoms with Crippen molar-refractivity contribution in [1.82, 2.24) is 4.90 Å². The SMILES string of the molecule is CC(C)C1CCC(N2CCC3(CC2)CC(C(=O)O)c2ccccc23)CC1.[HH]. The summed E-state index contributed by atoms with van der Waals surface area (Å²) in [7, 11) is 0. The second-order valence-electron chi connectivity index (χ2n) is 9.31. The molecule has 1 saturated carbocycles. The minimum absolute atomic E-state index is 0.